The van der Waals surface area contributed by atoms with E-state index >= 15 is 0 Å². The average molecular weight is 386 g/mol. The smallest absolute Gasteiger partial charge is 0.338 e. The summed E-state index contributed by atoms with van der Waals surface area (Å²) in [4.78, 5) is 37.4. The van der Waals surface area contributed by atoms with Gasteiger partial charge in [0.05, 0.1) is 17.7 Å². The standard InChI is InChI=1S/C20H22N2O4S/c1-3-26-20(25)13-8-10-14(11-9-13)22-18(24)17-15-6-4-5-7-16(15)27-19(17)21-12(2)23/h8-11H,3-7H2,1-2H3,(H,21,23)(H,22,24). The third-order valence-corrected chi connectivity index (χ3v) is 5.55. The van der Waals surface area contributed by atoms with Gasteiger partial charge in [-0.05, 0) is 62.4 Å². The molecule has 1 aliphatic carbocycles. The van der Waals surface area contributed by atoms with Gasteiger partial charge in [0.15, 0.2) is 0 Å². The van der Waals surface area contributed by atoms with Crippen molar-refractivity contribution in [3.8, 4) is 0 Å². The molecule has 0 saturated heterocycles. The number of rotatable bonds is 5. The van der Waals surface area contributed by atoms with Crippen molar-refractivity contribution in [3.05, 3.63) is 45.8 Å². The van der Waals surface area contributed by atoms with Crippen LogP contribution < -0.4 is 10.6 Å². The largest absolute Gasteiger partial charge is 0.462 e. The molecule has 0 saturated carbocycles. The highest BCUT2D eigenvalue weighted by atomic mass is 32.1. The highest BCUT2D eigenvalue weighted by Crippen LogP contribution is 2.38. The Balaban J connectivity index is 1.82. The number of hydrogen-bond acceptors (Lipinski definition) is 5. The quantitative estimate of drug-likeness (QED) is 0.760. The predicted molar refractivity (Wildman–Crippen MR) is 106 cm³/mol. The van der Waals surface area contributed by atoms with E-state index < -0.39 is 5.97 Å². The lowest BCUT2D eigenvalue weighted by Crippen LogP contribution is -2.17. The van der Waals surface area contributed by atoms with Gasteiger partial charge < -0.3 is 15.4 Å². The van der Waals surface area contributed by atoms with Crippen LogP contribution in [0.5, 0.6) is 0 Å². The van der Waals surface area contributed by atoms with E-state index in [4.69, 9.17) is 4.74 Å². The summed E-state index contributed by atoms with van der Waals surface area (Å²) in [5.74, 6) is -0.835. The maximum atomic E-state index is 12.9. The molecule has 3 rings (SSSR count). The molecule has 6 nitrogen and oxygen atoms in total. The number of benzene rings is 1. The molecule has 142 valence electrons. The Labute approximate surface area is 161 Å². The molecule has 0 atom stereocenters. The van der Waals surface area contributed by atoms with Crippen LogP contribution in [0.4, 0.5) is 10.7 Å². The van der Waals surface area contributed by atoms with Crippen molar-refractivity contribution in [2.75, 3.05) is 17.2 Å². The van der Waals surface area contributed by atoms with Crippen molar-refractivity contribution in [1.82, 2.24) is 0 Å². The summed E-state index contributed by atoms with van der Waals surface area (Å²) in [7, 11) is 0. The summed E-state index contributed by atoms with van der Waals surface area (Å²) in [6, 6.07) is 6.57. The highest BCUT2D eigenvalue weighted by Gasteiger charge is 2.26. The number of nitrogens with one attached hydrogen (secondary N) is 2. The molecule has 2 N–H and O–H groups in total. The molecule has 0 radical (unpaired) electrons. The number of amides is 2. The zero-order valence-electron chi connectivity index (χ0n) is 15.4. The summed E-state index contributed by atoms with van der Waals surface area (Å²) < 4.78 is 4.96. The lowest BCUT2D eigenvalue weighted by atomic mass is 9.95. The molecular weight excluding hydrogens is 364 g/mol. The topological polar surface area (TPSA) is 84.5 Å². The molecule has 0 spiro atoms. The normalized spacial score (nSPS) is 12.8. The van der Waals surface area contributed by atoms with Crippen LogP contribution in [0.25, 0.3) is 0 Å². The van der Waals surface area contributed by atoms with Crippen molar-refractivity contribution >= 4 is 39.8 Å². The second-order valence-corrected chi connectivity index (χ2v) is 7.45. The van der Waals surface area contributed by atoms with Crippen LogP contribution in [-0.4, -0.2) is 24.4 Å². The van der Waals surface area contributed by atoms with Gasteiger partial charge in [0.2, 0.25) is 5.91 Å². The zero-order chi connectivity index (χ0) is 19.4. The number of aryl methyl sites for hydroxylation is 1. The summed E-state index contributed by atoms with van der Waals surface area (Å²) in [5, 5.41) is 6.27. The van der Waals surface area contributed by atoms with E-state index in [0.29, 0.717) is 28.4 Å². The van der Waals surface area contributed by atoms with Gasteiger partial charge in [-0.3, -0.25) is 9.59 Å². The van der Waals surface area contributed by atoms with E-state index in [2.05, 4.69) is 10.6 Å². The first-order valence-corrected chi connectivity index (χ1v) is 9.82. The molecule has 0 bridgehead atoms. The lowest BCUT2D eigenvalue weighted by Gasteiger charge is -2.13. The average Bonchev–Trinajstić information content (AvgIpc) is 2.99. The molecular formula is C20H22N2O4S. The third kappa shape index (κ3) is 4.36. The highest BCUT2D eigenvalue weighted by molar-refractivity contribution is 7.17. The van der Waals surface area contributed by atoms with Gasteiger partial charge in [0.25, 0.3) is 5.91 Å². The number of fused-ring (bicyclic) bond motifs is 1. The Kier molecular flexibility index (Phi) is 5.91. The van der Waals surface area contributed by atoms with Gasteiger partial charge >= 0.3 is 5.97 Å². The summed E-state index contributed by atoms with van der Waals surface area (Å²) in [5.41, 5.74) is 2.61. The van der Waals surface area contributed by atoms with Crippen molar-refractivity contribution in [1.29, 1.82) is 0 Å². The number of esters is 1. The van der Waals surface area contributed by atoms with Gasteiger partial charge in [0, 0.05) is 17.5 Å². The number of carbonyl (C=O) groups excluding carboxylic acids is 3. The first-order chi connectivity index (χ1) is 13.0. The Morgan fingerprint density at radius 1 is 1.07 bits per heavy atom. The fourth-order valence-electron chi connectivity index (χ4n) is 3.15. The van der Waals surface area contributed by atoms with Crippen LogP contribution in [0.15, 0.2) is 24.3 Å². The Morgan fingerprint density at radius 3 is 2.44 bits per heavy atom. The number of hydrogen-bond donors (Lipinski definition) is 2. The minimum atomic E-state index is -0.393. The number of thiophene rings is 1. The van der Waals surface area contributed by atoms with E-state index in [-0.39, 0.29) is 11.8 Å². The van der Waals surface area contributed by atoms with Crippen molar-refractivity contribution in [2.45, 2.75) is 39.5 Å². The fraction of sp³-hybridized carbons (Fsp3) is 0.350. The molecule has 2 aromatic rings. The predicted octanol–water partition coefficient (Wildman–Crippen LogP) is 4.01. The van der Waals surface area contributed by atoms with E-state index in [0.717, 1.165) is 31.2 Å². The molecule has 2 amide bonds. The molecule has 0 fully saturated rings. The van der Waals surface area contributed by atoms with Gasteiger partial charge in [-0.2, -0.15) is 0 Å². The molecule has 1 heterocycles. The maximum absolute atomic E-state index is 12.9. The number of ether oxygens (including phenoxy) is 1. The van der Waals surface area contributed by atoms with Crippen LogP contribution in [0.3, 0.4) is 0 Å². The second-order valence-electron chi connectivity index (χ2n) is 6.35. The van der Waals surface area contributed by atoms with Gasteiger partial charge in [-0.15, -0.1) is 11.3 Å². The summed E-state index contributed by atoms with van der Waals surface area (Å²) in [6.07, 6.45) is 3.92. The molecule has 0 aliphatic heterocycles. The maximum Gasteiger partial charge on any atom is 0.338 e. The number of anilines is 2. The first kappa shape index (κ1) is 19.1. The SMILES string of the molecule is CCOC(=O)c1ccc(NC(=O)c2c(NC(C)=O)sc3c2CCCC3)cc1. The molecule has 1 aromatic carbocycles. The van der Waals surface area contributed by atoms with Crippen LogP contribution in [0.2, 0.25) is 0 Å². The summed E-state index contributed by atoms with van der Waals surface area (Å²) in [6.45, 7) is 3.50. The molecule has 1 aliphatic rings. The zero-order valence-corrected chi connectivity index (χ0v) is 16.2. The Hall–Kier alpha value is -2.67. The number of carbonyl (C=O) groups is 3. The molecule has 27 heavy (non-hydrogen) atoms. The van der Waals surface area contributed by atoms with Crippen LogP contribution in [-0.2, 0) is 22.4 Å². The second kappa shape index (κ2) is 8.35. The van der Waals surface area contributed by atoms with Crippen molar-refractivity contribution in [3.63, 3.8) is 0 Å². The van der Waals surface area contributed by atoms with E-state index in [1.165, 1.54) is 23.1 Å². The van der Waals surface area contributed by atoms with Crippen molar-refractivity contribution < 1.29 is 19.1 Å². The van der Waals surface area contributed by atoms with Gasteiger partial charge in [0.1, 0.15) is 5.00 Å². The van der Waals surface area contributed by atoms with E-state index in [1.54, 1.807) is 31.2 Å². The minimum Gasteiger partial charge on any atom is -0.462 e. The third-order valence-electron chi connectivity index (χ3n) is 4.34. The van der Waals surface area contributed by atoms with E-state index in [1.807, 2.05) is 0 Å². The monoisotopic (exact) mass is 386 g/mol. The van der Waals surface area contributed by atoms with Crippen molar-refractivity contribution in [2.24, 2.45) is 0 Å². The lowest BCUT2D eigenvalue weighted by molar-refractivity contribution is -0.114. The van der Waals surface area contributed by atoms with Crippen LogP contribution >= 0.6 is 11.3 Å². The molecule has 0 unspecified atom stereocenters. The van der Waals surface area contributed by atoms with Crippen LogP contribution in [0.1, 0.15) is 57.8 Å². The summed E-state index contributed by atoms with van der Waals surface area (Å²) >= 11 is 1.49. The molecule has 1 aromatic heterocycles. The van der Waals surface area contributed by atoms with Gasteiger partial charge in [-0.1, -0.05) is 0 Å². The molecule has 7 heteroatoms. The van der Waals surface area contributed by atoms with E-state index in [9.17, 15) is 14.4 Å². The fourth-order valence-corrected chi connectivity index (χ4v) is 4.48. The van der Waals surface area contributed by atoms with Crippen LogP contribution in [0, 0.1) is 0 Å². The Bertz CT molecular complexity index is 871. The Morgan fingerprint density at radius 2 is 1.78 bits per heavy atom. The first-order valence-electron chi connectivity index (χ1n) is 9.00. The van der Waals surface area contributed by atoms with Gasteiger partial charge in [-0.25, -0.2) is 4.79 Å². The minimum absolute atomic E-state index is 0.193.